The summed E-state index contributed by atoms with van der Waals surface area (Å²) in [4.78, 5) is 7.39. The zero-order valence-electron chi connectivity index (χ0n) is 21.1. The monoisotopic (exact) mass is 481 g/mol. The van der Waals surface area contributed by atoms with Crippen LogP contribution in [0.15, 0.2) is 66.7 Å². The summed E-state index contributed by atoms with van der Waals surface area (Å²) in [6.45, 7) is 5.56. The molecule has 1 unspecified atom stereocenters. The lowest BCUT2D eigenvalue weighted by Gasteiger charge is -2.20. The maximum Gasteiger partial charge on any atom is 0.152 e. The number of rotatable bonds is 8. The van der Waals surface area contributed by atoms with Crippen LogP contribution in [-0.2, 0) is 13.0 Å². The number of aromatic nitrogens is 1. The molecule has 36 heavy (non-hydrogen) atoms. The number of anilines is 3. The summed E-state index contributed by atoms with van der Waals surface area (Å²) in [5, 5.41) is 4.41. The fourth-order valence-corrected chi connectivity index (χ4v) is 5.05. The van der Waals surface area contributed by atoms with E-state index in [4.69, 9.17) is 21.2 Å². The average Bonchev–Trinajstić information content (AvgIpc) is 3.41. The number of nitrogens with zero attached hydrogens (tertiary/aromatic N) is 2. The molecule has 0 amide bonds. The first kappa shape index (κ1) is 23.9. The van der Waals surface area contributed by atoms with E-state index in [1.165, 1.54) is 42.6 Å². The summed E-state index contributed by atoms with van der Waals surface area (Å²) >= 11 is 0. The molecule has 2 heterocycles. The van der Waals surface area contributed by atoms with Crippen molar-refractivity contribution in [2.45, 2.75) is 38.8 Å². The molecular formula is C30H35N5O. The Morgan fingerprint density at radius 3 is 2.31 bits per heavy atom. The van der Waals surface area contributed by atoms with Crippen molar-refractivity contribution >= 4 is 28.1 Å². The van der Waals surface area contributed by atoms with Crippen LogP contribution in [-0.4, -0.2) is 30.1 Å². The van der Waals surface area contributed by atoms with E-state index in [1.807, 2.05) is 24.3 Å². The first-order valence-corrected chi connectivity index (χ1v) is 12.7. The Morgan fingerprint density at radius 2 is 1.61 bits per heavy atom. The van der Waals surface area contributed by atoms with Crippen LogP contribution in [0.1, 0.15) is 48.1 Å². The predicted octanol–water partition coefficient (Wildman–Crippen LogP) is 5.77. The quantitative estimate of drug-likeness (QED) is 0.296. The van der Waals surface area contributed by atoms with E-state index in [0.717, 1.165) is 35.2 Å². The van der Waals surface area contributed by atoms with Crippen LogP contribution in [0.2, 0.25) is 0 Å². The molecule has 0 bridgehead atoms. The van der Waals surface area contributed by atoms with Gasteiger partial charge in [-0.1, -0.05) is 48.5 Å². The number of likely N-dealkylation sites (tertiary alicyclic amines) is 1. The van der Waals surface area contributed by atoms with Gasteiger partial charge in [0.15, 0.2) is 5.82 Å². The summed E-state index contributed by atoms with van der Waals surface area (Å²) in [7, 11) is 1.67. The van der Waals surface area contributed by atoms with Gasteiger partial charge in [-0.3, -0.25) is 4.90 Å². The molecule has 4 aromatic rings. The number of benzene rings is 3. The Bertz CT molecular complexity index is 1330. The van der Waals surface area contributed by atoms with E-state index in [-0.39, 0.29) is 6.04 Å². The molecule has 186 valence electrons. The van der Waals surface area contributed by atoms with Gasteiger partial charge in [-0.05, 0) is 79.7 Å². The number of hydrogen-bond donors (Lipinski definition) is 3. The smallest absolute Gasteiger partial charge is 0.152 e. The molecule has 0 saturated carbocycles. The number of ether oxygens (including phenoxy) is 1. The average molecular weight is 482 g/mol. The summed E-state index contributed by atoms with van der Waals surface area (Å²) < 4.78 is 5.28. The lowest BCUT2D eigenvalue weighted by Crippen LogP contribution is -2.18. The number of pyridine rings is 1. The third-order valence-corrected chi connectivity index (χ3v) is 7.17. The van der Waals surface area contributed by atoms with Gasteiger partial charge in [0.05, 0.1) is 30.0 Å². The topological polar surface area (TPSA) is 89.4 Å². The standard InChI is InChI=1S/C30H35N5O/c1-20(23-12-8-22(9-13-23)19-35-16-3-4-17-35)33-30-29(32)28(31)27-24(6-5-7-26(27)34-30)18-21-10-14-25(36-2)15-11-21/h5-15,20H,3-4,16-19,32H2,1-2H3,(H3,31,33,34). The molecule has 1 saturated heterocycles. The molecule has 0 aliphatic carbocycles. The number of methoxy groups -OCH3 is 1. The molecule has 0 spiro atoms. The second-order valence-electron chi connectivity index (χ2n) is 9.71. The van der Waals surface area contributed by atoms with Gasteiger partial charge in [0, 0.05) is 11.9 Å². The van der Waals surface area contributed by atoms with Gasteiger partial charge in [0.25, 0.3) is 0 Å². The minimum absolute atomic E-state index is 0.0416. The molecule has 5 rings (SSSR count). The predicted molar refractivity (Wildman–Crippen MR) is 149 cm³/mol. The largest absolute Gasteiger partial charge is 0.497 e. The highest BCUT2D eigenvalue weighted by Crippen LogP contribution is 2.36. The Morgan fingerprint density at radius 1 is 0.917 bits per heavy atom. The second kappa shape index (κ2) is 10.5. The van der Waals surface area contributed by atoms with Crippen molar-refractivity contribution in [3.63, 3.8) is 0 Å². The molecule has 0 radical (unpaired) electrons. The number of nitrogens with one attached hydrogen (secondary N) is 1. The van der Waals surface area contributed by atoms with Crippen LogP contribution >= 0.6 is 0 Å². The van der Waals surface area contributed by atoms with Gasteiger partial charge in [-0.2, -0.15) is 0 Å². The van der Waals surface area contributed by atoms with Crippen LogP contribution in [0.3, 0.4) is 0 Å². The van der Waals surface area contributed by atoms with Crippen molar-refractivity contribution in [1.82, 2.24) is 9.88 Å². The van der Waals surface area contributed by atoms with Gasteiger partial charge in [-0.15, -0.1) is 0 Å². The molecule has 1 atom stereocenters. The Kier molecular flexibility index (Phi) is 6.96. The van der Waals surface area contributed by atoms with Gasteiger partial charge in [0.1, 0.15) is 5.75 Å². The number of nitrogens with two attached hydrogens (primary N) is 2. The number of hydrogen-bond acceptors (Lipinski definition) is 6. The van der Waals surface area contributed by atoms with Crippen molar-refractivity contribution in [3.8, 4) is 5.75 Å². The van der Waals surface area contributed by atoms with Crippen LogP contribution in [0.25, 0.3) is 10.9 Å². The highest BCUT2D eigenvalue weighted by atomic mass is 16.5. The summed E-state index contributed by atoms with van der Waals surface area (Å²) in [5.41, 5.74) is 19.8. The molecule has 1 aliphatic heterocycles. The van der Waals surface area contributed by atoms with Crippen LogP contribution < -0.4 is 21.5 Å². The zero-order valence-corrected chi connectivity index (χ0v) is 21.1. The Hall–Kier alpha value is -3.77. The van der Waals surface area contributed by atoms with E-state index in [0.29, 0.717) is 17.2 Å². The highest BCUT2D eigenvalue weighted by molar-refractivity contribution is 6.02. The Labute approximate surface area is 213 Å². The van der Waals surface area contributed by atoms with Crippen molar-refractivity contribution in [2.24, 2.45) is 0 Å². The molecule has 1 aliphatic rings. The fourth-order valence-electron chi connectivity index (χ4n) is 5.05. The summed E-state index contributed by atoms with van der Waals surface area (Å²) in [6, 6.07) is 23.1. The molecule has 3 aromatic carbocycles. The Balaban J connectivity index is 1.35. The molecular weight excluding hydrogens is 446 g/mol. The summed E-state index contributed by atoms with van der Waals surface area (Å²) in [6.07, 6.45) is 3.36. The second-order valence-corrected chi connectivity index (χ2v) is 9.71. The number of nitrogen functional groups attached to an aromatic ring is 2. The first-order valence-electron chi connectivity index (χ1n) is 12.7. The third-order valence-electron chi connectivity index (χ3n) is 7.17. The van der Waals surface area contributed by atoms with Crippen LogP contribution in [0.4, 0.5) is 17.2 Å². The molecule has 6 nitrogen and oxygen atoms in total. The third kappa shape index (κ3) is 5.09. The molecule has 6 heteroatoms. The van der Waals surface area contributed by atoms with E-state index in [1.54, 1.807) is 7.11 Å². The normalized spacial score (nSPS) is 14.7. The molecule has 1 fully saturated rings. The summed E-state index contributed by atoms with van der Waals surface area (Å²) in [5.74, 6) is 1.46. The van der Waals surface area contributed by atoms with Crippen molar-refractivity contribution in [2.75, 3.05) is 37.0 Å². The lowest BCUT2D eigenvalue weighted by molar-refractivity contribution is 0.331. The minimum atomic E-state index is 0.0416. The fraction of sp³-hybridized carbons (Fsp3) is 0.300. The van der Waals surface area contributed by atoms with E-state index in [2.05, 4.69) is 59.6 Å². The van der Waals surface area contributed by atoms with Crippen LogP contribution in [0, 0.1) is 0 Å². The maximum atomic E-state index is 6.60. The van der Waals surface area contributed by atoms with Crippen molar-refractivity contribution < 1.29 is 4.74 Å². The lowest BCUT2D eigenvalue weighted by atomic mass is 9.98. The van der Waals surface area contributed by atoms with Gasteiger partial charge in [-0.25, -0.2) is 4.98 Å². The van der Waals surface area contributed by atoms with Crippen molar-refractivity contribution in [1.29, 1.82) is 0 Å². The van der Waals surface area contributed by atoms with E-state index < -0.39 is 0 Å². The SMILES string of the molecule is COc1ccc(Cc2cccc3nc(NC(C)c4ccc(CN5CCCC5)cc4)c(N)c(N)c23)cc1. The zero-order chi connectivity index (χ0) is 25.1. The molecule has 5 N–H and O–H groups in total. The first-order chi connectivity index (χ1) is 17.5. The van der Waals surface area contributed by atoms with E-state index >= 15 is 0 Å². The van der Waals surface area contributed by atoms with Crippen LogP contribution in [0.5, 0.6) is 5.75 Å². The van der Waals surface area contributed by atoms with Gasteiger partial charge < -0.3 is 21.5 Å². The minimum Gasteiger partial charge on any atom is -0.497 e. The van der Waals surface area contributed by atoms with Gasteiger partial charge >= 0.3 is 0 Å². The van der Waals surface area contributed by atoms with Gasteiger partial charge in [0.2, 0.25) is 0 Å². The highest BCUT2D eigenvalue weighted by Gasteiger charge is 2.17. The maximum absolute atomic E-state index is 6.60. The molecule has 1 aromatic heterocycles. The number of fused-ring (bicyclic) bond motifs is 1. The van der Waals surface area contributed by atoms with Crippen molar-refractivity contribution in [3.05, 3.63) is 89.0 Å². The van der Waals surface area contributed by atoms with E-state index in [9.17, 15) is 0 Å².